The number of amides is 2. The fourth-order valence-electron chi connectivity index (χ4n) is 4.60. The van der Waals surface area contributed by atoms with Gasteiger partial charge in [0, 0.05) is 23.1 Å². The summed E-state index contributed by atoms with van der Waals surface area (Å²) >= 11 is 12.6. The average Bonchev–Trinajstić information content (AvgIpc) is 2.94. The highest BCUT2D eigenvalue weighted by molar-refractivity contribution is 7.92. The Morgan fingerprint density at radius 2 is 1.57 bits per heavy atom. The van der Waals surface area contributed by atoms with Crippen LogP contribution in [0.3, 0.4) is 0 Å². The van der Waals surface area contributed by atoms with Crippen LogP contribution in [0.15, 0.2) is 65.6 Å². The number of carbonyl (C=O) groups is 2. The summed E-state index contributed by atoms with van der Waals surface area (Å²) in [6.07, 6.45) is 2.03. The molecule has 1 N–H and O–H groups in total. The molecule has 0 aliphatic carbocycles. The van der Waals surface area contributed by atoms with Crippen LogP contribution in [0.5, 0.6) is 0 Å². The van der Waals surface area contributed by atoms with Crippen molar-refractivity contribution in [3.8, 4) is 0 Å². The Labute approximate surface area is 259 Å². The molecule has 0 aliphatic rings. The van der Waals surface area contributed by atoms with Crippen LogP contribution in [-0.2, 0) is 26.2 Å². The van der Waals surface area contributed by atoms with Crippen LogP contribution in [0.4, 0.5) is 5.69 Å². The highest BCUT2D eigenvalue weighted by Gasteiger charge is 2.34. The van der Waals surface area contributed by atoms with Gasteiger partial charge in [0.1, 0.15) is 12.6 Å². The van der Waals surface area contributed by atoms with E-state index in [4.69, 9.17) is 23.2 Å². The smallest absolute Gasteiger partial charge is 0.264 e. The second kappa shape index (κ2) is 14.9. The van der Waals surface area contributed by atoms with Crippen LogP contribution < -0.4 is 9.62 Å². The molecular formula is C32H39Cl2N3O4S. The molecule has 0 aromatic heterocycles. The summed E-state index contributed by atoms with van der Waals surface area (Å²) in [4.78, 5) is 29.1. The van der Waals surface area contributed by atoms with Gasteiger partial charge in [0.15, 0.2) is 0 Å². The maximum Gasteiger partial charge on any atom is 0.264 e. The monoisotopic (exact) mass is 631 g/mol. The van der Waals surface area contributed by atoms with Gasteiger partial charge in [-0.1, -0.05) is 79.4 Å². The second-order valence-corrected chi connectivity index (χ2v) is 13.1. The zero-order chi connectivity index (χ0) is 31.0. The van der Waals surface area contributed by atoms with Gasteiger partial charge in [-0.3, -0.25) is 13.9 Å². The number of carbonyl (C=O) groups excluding carboxylic acids is 2. The van der Waals surface area contributed by atoms with Crippen molar-refractivity contribution in [1.29, 1.82) is 0 Å². The minimum absolute atomic E-state index is 0.000239. The van der Waals surface area contributed by atoms with E-state index in [0.717, 1.165) is 28.3 Å². The van der Waals surface area contributed by atoms with Crippen molar-refractivity contribution in [1.82, 2.24) is 10.2 Å². The summed E-state index contributed by atoms with van der Waals surface area (Å²) in [5.41, 5.74) is 3.44. The fraction of sp³-hybridized carbons (Fsp3) is 0.375. The number of hydrogen-bond donors (Lipinski definition) is 1. The highest BCUT2D eigenvalue weighted by Crippen LogP contribution is 2.29. The van der Waals surface area contributed by atoms with E-state index >= 15 is 0 Å². The van der Waals surface area contributed by atoms with Gasteiger partial charge < -0.3 is 10.2 Å². The molecule has 226 valence electrons. The van der Waals surface area contributed by atoms with E-state index in [9.17, 15) is 18.0 Å². The number of anilines is 1. The largest absolute Gasteiger partial charge is 0.354 e. The highest BCUT2D eigenvalue weighted by atomic mass is 35.5. The standard InChI is InChI=1S/C32H39Cl2N3O4S/c1-6-8-17-35-32(39)29(7-2)36(20-25-13-14-26(33)19-28(25)34)31(38)21-37(30-18-23(4)9-12-24(30)5)42(40,41)27-15-10-22(3)11-16-27/h9-16,18-19,29H,6-8,17,20-21H2,1-5H3,(H,35,39)/t29-/m1/s1. The number of halogens is 2. The third kappa shape index (κ3) is 8.27. The Bertz CT molecular complexity index is 1510. The lowest BCUT2D eigenvalue weighted by atomic mass is 10.1. The predicted octanol–water partition coefficient (Wildman–Crippen LogP) is 6.84. The van der Waals surface area contributed by atoms with Crippen LogP contribution >= 0.6 is 23.2 Å². The number of nitrogens with one attached hydrogen (secondary N) is 1. The Balaban J connectivity index is 2.10. The molecule has 0 saturated heterocycles. The van der Waals surface area contributed by atoms with Crippen molar-refractivity contribution >= 4 is 50.7 Å². The van der Waals surface area contributed by atoms with Gasteiger partial charge in [0.2, 0.25) is 11.8 Å². The van der Waals surface area contributed by atoms with Crippen molar-refractivity contribution in [2.24, 2.45) is 0 Å². The van der Waals surface area contributed by atoms with E-state index < -0.39 is 28.5 Å². The van der Waals surface area contributed by atoms with Crippen LogP contribution in [0.1, 0.15) is 55.4 Å². The van der Waals surface area contributed by atoms with Crippen LogP contribution in [0, 0.1) is 20.8 Å². The molecule has 0 fully saturated rings. The molecule has 0 aliphatic heterocycles. The topological polar surface area (TPSA) is 86.8 Å². The molecule has 0 heterocycles. The van der Waals surface area contributed by atoms with Crippen molar-refractivity contribution in [2.45, 2.75) is 71.4 Å². The van der Waals surface area contributed by atoms with Crippen molar-refractivity contribution in [3.05, 3.63) is 93.0 Å². The summed E-state index contributed by atoms with van der Waals surface area (Å²) in [7, 11) is -4.15. The first-order valence-electron chi connectivity index (χ1n) is 14.1. The van der Waals surface area contributed by atoms with Crippen LogP contribution in [-0.4, -0.2) is 44.3 Å². The number of unbranched alkanes of at least 4 members (excludes halogenated alkanes) is 1. The minimum Gasteiger partial charge on any atom is -0.354 e. The number of rotatable bonds is 13. The lowest BCUT2D eigenvalue weighted by molar-refractivity contribution is -0.140. The second-order valence-electron chi connectivity index (χ2n) is 10.4. The average molecular weight is 633 g/mol. The normalized spacial score (nSPS) is 12.1. The fourth-order valence-corrected chi connectivity index (χ4v) is 6.54. The Morgan fingerprint density at radius 3 is 2.19 bits per heavy atom. The molecule has 3 aromatic carbocycles. The Hall–Kier alpha value is -3.07. The molecule has 0 spiro atoms. The third-order valence-electron chi connectivity index (χ3n) is 7.09. The number of nitrogens with zero attached hydrogens (tertiary/aromatic N) is 2. The summed E-state index contributed by atoms with van der Waals surface area (Å²) < 4.78 is 29.3. The first kappa shape index (κ1) is 33.4. The summed E-state index contributed by atoms with van der Waals surface area (Å²) in [6.45, 7) is 9.36. The molecular weight excluding hydrogens is 593 g/mol. The zero-order valence-electron chi connectivity index (χ0n) is 24.8. The van der Waals surface area contributed by atoms with E-state index in [2.05, 4.69) is 5.32 Å². The summed E-state index contributed by atoms with van der Waals surface area (Å²) in [5.74, 6) is -0.834. The van der Waals surface area contributed by atoms with Gasteiger partial charge in [-0.05, 0) is 80.6 Å². The van der Waals surface area contributed by atoms with Gasteiger partial charge >= 0.3 is 0 Å². The molecule has 42 heavy (non-hydrogen) atoms. The number of aryl methyl sites for hydroxylation is 3. The molecule has 0 saturated carbocycles. The van der Waals surface area contributed by atoms with E-state index in [-0.39, 0.29) is 17.3 Å². The van der Waals surface area contributed by atoms with Crippen molar-refractivity contribution < 1.29 is 18.0 Å². The zero-order valence-corrected chi connectivity index (χ0v) is 27.1. The summed E-state index contributed by atoms with van der Waals surface area (Å²) in [6, 6.07) is 16.1. The van der Waals surface area contributed by atoms with E-state index in [0.29, 0.717) is 39.8 Å². The first-order chi connectivity index (χ1) is 19.9. The van der Waals surface area contributed by atoms with Crippen LogP contribution in [0.2, 0.25) is 10.0 Å². The van der Waals surface area contributed by atoms with Gasteiger partial charge in [0.25, 0.3) is 10.0 Å². The number of hydrogen-bond acceptors (Lipinski definition) is 4. The molecule has 0 unspecified atom stereocenters. The molecule has 7 nitrogen and oxygen atoms in total. The maximum absolute atomic E-state index is 14.2. The molecule has 3 aromatic rings. The van der Waals surface area contributed by atoms with Crippen molar-refractivity contribution in [3.63, 3.8) is 0 Å². The molecule has 10 heteroatoms. The van der Waals surface area contributed by atoms with E-state index in [1.165, 1.54) is 17.0 Å². The first-order valence-corrected chi connectivity index (χ1v) is 16.3. The minimum atomic E-state index is -4.15. The molecule has 1 atom stereocenters. The van der Waals surface area contributed by atoms with Gasteiger partial charge in [-0.2, -0.15) is 0 Å². The SMILES string of the molecule is CCCCNC(=O)[C@@H](CC)N(Cc1ccc(Cl)cc1Cl)C(=O)CN(c1cc(C)ccc1C)S(=O)(=O)c1ccc(C)cc1. The van der Waals surface area contributed by atoms with Gasteiger partial charge in [0.05, 0.1) is 10.6 Å². The van der Waals surface area contributed by atoms with E-state index in [1.807, 2.05) is 39.8 Å². The Morgan fingerprint density at radius 1 is 0.905 bits per heavy atom. The van der Waals surface area contributed by atoms with Gasteiger partial charge in [-0.25, -0.2) is 8.42 Å². The molecule has 2 amide bonds. The lowest BCUT2D eigenvalue weighted by Crippen LogP contribution is -2.52. The van der Waals surface area contributed by atoms with E-state index in [1.54, 1.807) is 43.3 Å². The molecule has 0 bridgehead atoms. The van der Waals surface area contributed by atoms with Gasteiger partial charge in [-0.15, -0.1) is 0 Å². The Kier molecular flexibility index (Phi) is 11.9. The summed E-state index contributed by atoms with van der Waals surface area (Å²) in [5, 5.41) is 3.71. The molecule has 0 radical (unpaired) electrons. The third-order valence-corrected chi connectivity index (χ3v) is 9.45. The maximum atomic E-state index is 14.2. The lowest BCUT2D eigenvalue weighted by Gasteiger charge is -2.34. The predicted molar refractivity (Wildman–Crippen MR) is 171 cm³/mol. The van der Waals surface area contributed by atoms with Crippen LogP contribution in [0.25, 0.3) is 0 Å². The molecule has 3 rings (SSSR count). The number of sulfonamides is 1. The quantitative estimate of drug-likeness (QED) is 0.209. The number of benzene rings is 3. The van der Waals surface area contributed by atoms with Crippen molar-refractivity contribution in [2.75, 3.05) is 17.4 Å².